The molecule has 1 amide bonds. The number of carbonyl (C=O) groups excluding carboxylic acids is 1. The van der Waals surface area contributed by atoms with Crippen LogP contribution in [0.2, 0.25) is 5.02 Å². The van der Waals surface area contributed by atoms with E-state index in [2.05, 4.69) is 5.32 Å². The van der Waals surface area contributed by atoms with E-state index in [9.17, 15) is 13.2 Å². The van der Waals surface area contributed by atoms with E-state index in [-0.39, 0.29) is 6.42 Å². The lowest BCUT2D eigenvalue weighted by Gasteiger charge is -2.30. The van der Waals surface area contributed by atoms with Crippen molar-refractivity contribution in [3.63, 3.8) is 0 Å². The van der Waals surface area contributed by atoms with E-state index in [1.165, 1.54) is 14.2 Å². The van der Waals surface area contributed by atoms with Crippen LogP contribution in [-0.2, 0) is 14.8 Å². The van der Waals surface area contributed by atoms with Crippen molar-refractivity contribution in [1.29, 1.82) is 0 Å². The number of nitrogens with one attached hydrogen (secondary N) is 1. The molecular weight excluding hydrogens is 404 g/mol. The maximum Gasteiger partial charge on any atom is 0.248 e. The van der Waals surface area contributed by atoms with Crippen LogP contribution in [0, 0.1) is 0 Å². The Morgan fingerprint density at radius 1 is 1.14 bits per heavy atom. The topological polar surface area (TPSA) is 84.9 Å². The van der Waals surface area contributed by atoms with Gasteiger partial charge in [-0.15, -0.1) is 0 Å². The summed E-state index contributed by atoms with van der Waals surface area (Å²) < 4.78 is 36.4. The van der Waals surface area contributed by atoms with Gasteiger partial charge in [0.2, 0.25) is 15.9 Å². The van der Waals surface area contributed by atoms with Crippen LogP contribution < -0.4 is 19.1 Å². The van der Waals surface area contributed by atoms with Gasteiger partial charge in [0.25, 0.3) is 0 Å². The number of hydrogen-bond acceptors (Lipinski definition) is 5. The minimum atomic E-state index is -3.74. The first kappa shape index (κ1) is 21.8. The molecule has 0 fully saturated rings. The second kappa shape index (κ2) is 9.16. The average molecular weight is 427 g/mol. The molecule has 28 heavy (non-hydrogen) atoms. The molecule has 0 aliphatic heterocycles. The highest BCUT2D eigenvalue weighted by molar-refractivity contribution is 7.92. The minimum absolute atomic E-state index is 0.258. The van der Waals surface area contributed by atoms with E-state index >= 15 is 0 Å². The standard InChI is InChI=1S/C19H23ClN2O5S/c1-5-17(19(23)21-16-12-13(20)6-11-18(16)27-3)22(28(4,24)25)14-7-9-15(26-2)10-8-14/h6-12,17H,5H2,1-4H3,(H,21,23)/t17-/m0/s1. The largest absolute Gasteiger partial charge is 0.497 e. The number of amides is 1. The molecule has 2 aromatic carbocycles. The highest BCUT2D eigenvalue weighted by Crippen LogP contribution is 2.30. The lowest BCUT2D eigenvalue weighted by Crippen LogP contribution is -2.47. The van der Waals surface area contributed by atoms with Gasteiger partial charge in [-0.1, -0.05) is 18.5 Å². The molecule has 0 saturated carbocycles. The molecule has 2 aromatic rings. The summed E-state index contributed by atoms with van der Waals surface area (Å²) in [4.78, 5) is 13.0. The second-order valence-corrected chi connectivity index (χ2v) is 8.31. The molecule has 7 nitrogen and oxygen atoms in total. The number of anilines is 2. The predicted octanol–water partition coefficient (Wildman–Crippen LogP) is 3.54. The van der Waals surface area contributed by atoms with Gasteiger partial charge in [0.1, 0.15) is 17.5 Å². The molecule has 0 heterocycles. The third-order valence-corrected chi connectivity index (χ3v) is 5.49. The lowest BCUT2D eigenvalue weighted by atomic mass is 10.1. The number of rotatable bonds is 8. The summed E-state index contributed by atoms with van der Waals surface area (Å²) >= 11 is 6.01. The first-order chi connectivity index (χ1) is 13.2. The van der Waals surface area contributed by atoms with Crippen molar-refractivity contribution in [2.75, 3.05) is 30.1 Å². The molecular formula is C19H23ClN2O5S. The average Bonchev–Trinajstić information content (AvgIpc) is 2.65. The van der Waals surface area contributed by atoms with Crippen molar-refractivity contribution in [2.45, 2.75) is 19.4 Å². The zero-order chi connectivity index (χ0) is 20.9. The van der Waals surface area contributed by atoms with Crippen LogP contribution in [0.3, 0.4) is 0 Å². The highest BCUT2D eigenvalue weighted by Gasteiger charge is 2.32. The molecule has 0 saturated heterocycles. The summed E-state index contributed by atoms with van der Waals surface area (Å²) in [7, 11) is -0.749. The van der Waals surface area contributed by atoms with E-state index in [1.54, 1.807) is 49.4 Å². The van der Waals surface area contributed by atoms with Crippen LogP contribution in [0.1, 0.15) is 13.3 Å². The normalized spacial score (nSPS) is 12.2. The third kappa shape index (κ3) is 5.08. The molecule has 0 aromatic heterocycles. The molecule has 0 unspecified atom stereocenters. The number of methoxy groups -OCH3 is 2. The summed E-state index contributed by atoms with van der Waals surface area (Å²) in [5, 5.41) is 3.13. The van der Waals surface area contributed by atoms with E-state index in [4.69, 9.17) is 21.1 Å². The molecule has 0 radical (unpaired) electrons. The van der Waals surface area contributed by atoms with E-state index in [1.807, 2.05) is 0 Å². The van der Waals surface area contributed by atoms with E-state index in [0.717, 1.165) is 10.6 Å². The fraction of sp³-hybridized carbons (Fsp3) is 0.316. The Kier molecular flexibility index (Phi) is 7.15. The van der Waals surface area contributed by atoms with E-state index in [0.29, 0.717) is 27.9 Å². The Labute approximate surface area is 170 Å². The van der Waals surface area contributed by atoms with E-state index < -0.39 is 22.0 Å². The van der Waals surface area contributed by atoms with Gasteiger partial charge in [0, 0.05) is 5.02 Å². The van der Waals surface area contributed by atoms with Gasteiger partial charge in [-0.3, -0.25) is 9.10 Å². The number of sulfonamides is 1. The highest BCUT2D eigenvalue weighted by atomic mass is 35.5. The van der Waals surface area contributed by atoms with Crippen LogP contribution in [0.5, 0.6) is 11.5 Å². The quantitative estimate of drug-likeness (QED) is 0.697. The predicted molar refractivity (Wildman–Crippen MR) is 111 cm³/mol. The van der Waals surface area contributed by atoms with Crippen LogP contribution >= 0.6 is 11.6 Å². The summed E-state index contributed by atoms with van der Waals surface area (Å²) in [6, 6.07) is 10.3. The maximum absolute atomic E-state index is 13.0. The Morgan fingerprint density at radius 3 is 2.29 bits per heavy atom. The van der Waals surface area contributed by atoms with Gasteiger partial charge in [-0.05, 0) is 48.9 Å². The van der Waals surface area contributed by atoms with Gasteiger partial charge >= 0.3 is 0 Å². The molecule has 0 spiro atoms. The molecule has 0 aliphatic carbocycles. The first-order valence-electron chi connectivity index (χ1n) is 8.49. The molecule has 9 heteroatoms. The molecule has 1 atom stereocenters. The van der Waals surface area contributed by atoms with Crippen molar-refractivity contribution in [3.05, 3.63) is 47.5 Å². The molecule has 2 rings (SSSR count). The zero-order valence-electron chi connectivity index (χ0n) is 16.1. The van der Waals surface area contributed by atoms with Gasteiger partial charge in [-0.25, -0.2) is 8.42 Å². The Morgan fingerprint density at radius 2 is 1.79 bits per heavy atom. The molecule has 0 bridgehead atoms. The van der Waals surface area contributed by atoms with Crippen LogP contribution in [0.4, 0.5) is 11.4 Å². The fourth-order valence-corrected chi connectivity index (χ4v) is 4.17. The van der Waals surface area contributed by atoms with Crippen molar-refractivity contribution < 1.29 is 22.7 Å². The van der Waals surface area contributed by atoms with Crippen LogP contribution in [0.25, 0.3) is 0 Å². The third-order valence-electron chi connectivity index (χ3n) is 4.08. The van der Waals surface area contributed by atoms with Crippen molar-refractivity contribution in [2.24, 2.45) is 0 Å². The summed E-state index contributed by atoms with van der Waals surface area (Å²) in [5.74, 6) is 0.505. The van der Waals surface area contributed by atoms with Crippen LogP contribution in [-0.4, -0.2) is 40.8 Å². The van der Waals surface area contributed by atoms with Gasteiger partial charge in [0.15, 0.2) is 0 Å². The Hall–Kier alpha value is -2.45. The fourth-order valence-electron chi connectivity index (χ4n) is 2.78. The maximum atomic E-state index is 13.0. The number of nitrogens with zero attached hydrogens (tertiary/aromatic N) is 1. The monoisotopic (exact) mass is 426 g/mol. The minimum Gasteiger partial charge on any atom is -0.497 e. The summed E-state index contributed by atoms with van der Waals surface area (Å²) in [6.45, 7) is 1.74. The summed E-state index contributed by atoms with van der Waals surface area (Å²) in [5.41, 5.74) is 0.727. The van der Waals surface area contributed by atoms with Crippen molar-refractivity contribution in [3.8, 4) is 11.5 Å². The van der Waals surface area contributed by atoms with Gasteiger partial charge in [-0.2, -0.15) is 0 Å². The lowest BCUT2D eigenvalue weighted by molar-refractivity contribution is -0.117. The smallest absolute Gasteiger partial charge is 0.248 e. The van der Waals surface area contributed by atoms with Crippen molar-refractivity contribution >= 4 is 38.9 Å². The molecule has 152 valence electrons. The Balaban J connectivity index is 2.40. The molecule has 1 N–H and O–H groups in total. The number of halogens is 1. The summed E-state index contributed by atoms with van der Waals surface area (Å²) in [6.07, 6.45) is 1.32. The van der Waals surface area contributed by atoms with Gasteiger partial charge in [0.05, 0.1) is 31.9 Å². The number of carbonyl (C=O) groups is 1. The number of hydrogen-bond donors (Lipinski definition) is 1. The SMILES string of the molecule is CC[C@@H](C(=O)Nc1cc(Cl)ccc1OC)N(c1ccc(OC)cc1)S(C)(=O)=O. The zero-order valence-corrected chi connectivity index (χ0v) is 17.7. The Bertz CT molecular complexity index is 932. The van der Waals surface area contributed by atoms with Crippen LogP contribution in [0.15, 0.2) is 42.5 Å². The first-order valence-corrected chi connectivity index (χ1v) is 10.7. The number of ether oxygens (including phenoxy) is 2. The molecule has 0 aliphatic rings. The van der Waals surface area contributed by atoms with Crippen molar-refractivity contribution in [1.82, 2.24) is 0 Å². The van der Waals surface area contributed by atoms with Gasteiger partial charge < -0.3 is 14.8 Å². The second-order valence-electron chi connectivity index (χ2n) is 6.01. The number of benzene rings is 2.